The first-order valence-electron chi connectivity index (χ1n) is 16.4. The van der Waals surface area contributed by atoms with Crippen LogP contribution in [-0.4, -0.2) is 155 Å². The molecule has 0 saturated carbocycles. The number of carbonyl (C=O) groups is 1. The van der Waals surface area contributed by atoms with Crippen molar-refractivity contribution in [2.24, 2.45) is 0 Å². The van der Waals surface area contributed by atoms with Gasteiger partial charge in [-0.05, 0) is 35.4 Å². The van der Waals surface area contributed by atoms with Gasteiger partial charge in [0.05, 0.1) is 97.0 Å². The van der Waals surface area contributed by atoms with Crippen LogP contribution in [-0.2, 0) is 42.7 Å². The second-order valence-corrected chi connectivity index (χ2v) is 11.0. The van der Waals surface area contributed by atoms with Crippen LogP contribution >= 0.6 is 0 Å². The highest BCUT2D eigenvalue weighted by molar-refractivity contribution is 6.39. The number of likely N-dealkylation sites (N-methyl/N-ethyl adjacent to an activating group) is 2. The van der Waals surface area contributed by atoms with Crippen LogP contribution in [0.5, 0.6) is 0 Å². The number of aliphatic hydroxyl groups excluding tert-OH is 1. The molecule has 2 aliphatic carbocycles. The molecule has 0 atom stereocenters. The molecule has 0 radical (unpaired) electrons. The van der Waals surface area contributed by atoms with Gasteiger partial charge >= 0.3 is 0 Å². The van der Waals surface area contributed by atoms with Gasteiger partial charge in [-0.1, -0.05) is 12.1 Å². The number of anilines is 1. The van der Waals surface area contributed by atoms with Crippen LogP contribution < -0.4 is 4.90 Å². The zero-order valence-electron chi connectivity index (χ0n) is 28.9. The van der Waals surface area contributed by atoms with Crippen LogP contribution in [0.3, 0.4) is 0 Å². The van der Waals surface area contributed by atoms with Crippen LogP contribution in [0.1, 0.15) is 5.56 Å². The molecule has 1 aromatic carbocycles. The number of allylic oxidation sites excluding steroid dienone is 7. The minimum atomic E-state index is -0.163. The number of rotatable bonds is 26. The number of ketones is 1. The maximum absolute atomic E-state index is 13.1. The highest BCUT2D eigenvalue weighted by Crippen LogP contribution is 2.39. The second kappa shape index (κ2) is 23.2. The molecule has 0 fully saturated rings. The molecule has 12 heteroatoms. The molecular formula is C36H53N2O10+. The number of ether oxygens (including phenoxy) is 8. The first kappa shape index (κ1) is 39.2. The predicted octanol–water partition coefficient (Wildman–Crippen LogP) is 2.87. The molecule has 0 aromatic heterocycles. The normalized spacial score (nSPS) is 14.3. The van der Waals surface area contributed by atoms with Gasteiger partial charge in [0.25, 0.3) is 0 Å². The maximum Gasteiger partial charge on any atom is 0.201 e. The lowest BCUT2D eigenvalue weighted by molar-refractivity contribution is -0.499. The molecule has 12 nitrogen and oxygen atoms in total. The number of hydrogen-bond donors (Lipinski definition) is 1. The molecule has 2 aliphatic rings. The van der Waals surface area contributed by atoms with Crippen LogP contribution in [0.15, 0.2) is 65.5 Å². The summed E-state index contributed by atoms with van der Waals surface area (Å²) in [6.45, 7) is 8.97. The molecule has 0 spiro atoms. The van der Waals surface area contributed by atoms with E-state index in [1.807, 2.05) is 62.7 Å². The van der Waals surface area contributed by atoms with Crippen LogP contribution in [0.25, 0.3) is 5.57 Å². The van der Waals surface area contributed by atoms with E-state index in [9.17, 15) is 9.90 Å². The molecular weight excluding hydrogens is 620 g/mol. The summed E-state index contributed by atoms with van der Waals surface area (Å²) in [5.74, 6) is -0.138. The largest absolute Gasteiger partial charge is 0.506 e. The Morgan fingerprint density at radius 2 is 1.08 bits per heavy atom. The average molecular weight is 674 g/mol. The highest BCUT2D eigenvalue weighted by atomic mass is 16.6. The van der Waals surface area contributed by atoms with Gasteiger partial charge in [-0.15, -0.1) is 0 Å². The second-order valence-electron chi connectivity index (χ2n) is 11.0. The number of benzene rings is 1. The van der Waals surface area contributed by atoms with E-state index in [1.165, 1.54) is 0 Å². The molecule has 0 saturated heterocycles. The Labute approximate surface area is 284 Å². The molecule has 48 heavy (non-hydrogen) atoms. The van der Waals surface area contributed by atoms with Gasteiger partial charge in [0.15, 0.2) is 12.3 Å². The quantitative estimate of drug-likeness (QED) is 0.0889. The fourth-order valence-electron chi connectivity index (χ4n) is 4.73. The van der Waals surface area contributed by atoms with Gasteiger partial charge in [-0.3, -0.25) is 4.79 Å². The van der Waals surface area contributed by atoms with Crippen molar-refractivity contribution in [3.8, 4) is 0 Å². The Bertz CT molecular complexity index is 1250. The summed E-state index contributed by atoms with van der Waals surface area (Å²) in [4.78, 5) is 15.2. The first-order valence-corrected chi connectivity index (χ1v) is 16.4. The third-order valence-electron chi connectivity index (χ3n) is 7.61. The molecule has 0 aliphatic heterocycles. The van der Waals surface area contributed by atoms with Crippen molar-refractivity contribution in [1.29, 1.82) is 0 Å². The Balaban J connectivity index is 1.37. The fraction of sp³-hybridized carbons (Fsp3) is 0.556. The minimum absolute atomic E-state index is 0.0246. The standard InChI is InChI=1S/C36H52N2O10/c1-37(13-15-43-21-23-47-27-25-45-19-17-41-3)31-9-5-29(6-10-31)33-35(39)34(36(33)40)30-7-11-32(12-8-30)38(2)14-16-44-22-24-48-28-26-46-20-18-42-4/h5-12H,13-28H2,1-4H3/p+1. The summed E-state index contributed by atoms with van der Waals surface area (Å²) in [5, 5.41) is 10.9. The zero-order valence-corrected chi connectivity index (χ0v) is 28.9. The number of methoxy groups -OCH3 is 2. The lowest BCUT2D eigenvalue weighted by Gasteiger charge is -2.24. The van der Waals surface area contributed by atoms with E-state index in [4.69, 9.17) is 37.9 Å². The Morgan fingerprint density at radius 3 is 1.56 bits per heavy atom. The van der Waals surface area contributed by atoms with Crippen molar-refractivity contribution in [3.63, 3.8) is 0 Å². The molecule has 0 amide bonds. The SMILES string of the molecule is COCCOCCOCCOCCN(C)c1ccc(C2=C(O)C(=C3C=CC(=[N+](C)CCOCCOCCOCCOC)C=C3)C2=O)cc1. The van der Waals surface area contributed by atoms with E-state index in [0.29, 0.717) is 128 Å². The van der Waals surface area contributed by atoms with Crippen molar-refractivity contribution >= 4 is 22.8 Å². The molecule has 3 rings (SSSR count). The first-order chi connectivity index (χ1) is 23.5. The van der Waals surface area contributed by atoms with E-state index in [-0.39, 0.29) is 11.5 Å². The summed E-state index contributed by atoms with van der Waals surface area (Å²) >= 11 is 0. The van der Waals surface area contributed by atoms with Crippen molar-refractivity contribution in [2.75, 3.05) is 139 Å². The number of nitrogens with zero attached hydrogens (tertiary/aromatic N) is 2. The van der Waals surface area contributed by atoms with Gasteiger partial charge in [-0.25, -0.2) is 4.58 Å². The Morgan fingerprint density at radius 1 is 0.625 bits per heavy atom. The number of aliphatic hydroxyl groups is 1. The molecule has 1 N–H and O–H groups in total. The highest BCUT2D eigenvalue weighted by Gasteiger charge is 2.36. The number of Topliss-reactive ketones (excluding diaryl/α,β-unsaturated/α-hetero) is 1. The van der Waals surface area contributed by atoms with Crippen LogP contribution in [0.4, 0.5) is 5.69 Å². The monoisotopic (exact) mass is 673 g/mol. The Hall–Kier alpha value is -3.20. The summed E-state index contributed by atoms with van der Waals surface area (Å²) in [6, 6.07) is 7.60. The average Bonchev–Trinajstić information content (AvgIpc) is 3.10. The lowest BCUT2D eigenvalue weighted by atomic mass is 9.80. The van der Waals surface area contributed by atoms with Gasteiger partial charge < -0.3 is 47.9 Å². The van der Waals surface area contributed by atoms with Gasteiger partial charge in [0, 0.05) is 45.7 Å². The summed E-state index contributed by atoms with van der Waals surface area (Å²) in [5.41, 5.74) is 4.03. The summed E-state index contributed by atoms with van der Waals surface area (Å²) < 4.78 is 45.0. The van der Waals surface area contributed by atoms with Gasteiger partial charge in [0.2, 0.25) is 5.78 Å². The smallest absolute Gasteiger partial charge is 0.201 e. The van der Waals surface area contributed by atoms with E-state index in [2.05, 4.69) is 9.48 Å². The Kier molecular flexibility index (Phi) is 19.0. The van der Waals surface area contributed by atoms with Crippen molar-refractivity contribution < 1.29 is 52.4 Å². The molecule has 1 aromatic rings. The summed E-state index contributed by atoms with van der Waals surface area (Å²) in [6.07, 6.45) is 7.60. The predicted molar refractivity (Wildman–Crippen MR) is 184 cm³/mol. The van der Waals surface area contributed by atoms with E-state index < -0.39 is 0 Å². The van der Waals surface area contributed by atoms with Gasteiger partial charge in [0.1, 0.15) is 19.4 Å². The minimum Gasteiger partial charge on any atom is -0.506 e. The maximum atomic E-state index is 13.1. The van der Waals surface area contributed by atoms with Gasteiger partial charge in [-0.2, -0.15) is 0 Å². The van der Waals surface area contributed by atoms with Crippen molar-refractivity contribution in [2.45, 2.75) is 0 Å². The molecule has 0 bridgehead atoms. The number of carbonyl (C=O) groups excluding carboxylic acids is 1. The third kappa shape index (κ3) is 13.4. The topological polar surface area (TPSA) is 117 Å². The molecule has 0 unspecified atom stereocenters. The van der Waals surface area contributed by atoms with E-state index >= 15 is 0 Å². The third-order valence-corrected chi connectivity index (χ3v) is 7.61. The zero-order chi connectivity index (χ0) is 34.4. The van der Waals surface area contributed by atoms with Crippen LogP contribution in [0, 0.1) is 0 Å². The van der Waals surface area contributed by atoms with E-state index in [1.54, 1.807) is 14.2 Å². The lowest BCUT2D eigenvalue weighted by Crippen LogP contribution is -2.24. The summed E-state index contributed by atoms with van der Waals surface area (Å²) in [7, 11) is 7.25. The van der Waals surface area contributed by atoms with Crippen molar-refractivity contribution in [1.82, 2.24) is 0 Å². The molecule has 266 valence electrons. The molecule has 0 heterocycles. The van der Waals surface area contributed by atoms with Crippen LogP contribution in [0.2, 0.25) is 0 Å². The van der Waals surface area contributed by atoms with E-state index in [0.717, 1.165) is 11.4 Å². The number of hydrogen-bond acceptors (Lipinski definition) is 11. The van der Waals surface area contributed by atoms with Crippen molar-refractivity contribution in [3.05, 3.63) is 71.0 Å². The fourth-order valence-corrected chi connectivity index (χ4v) is 4.73.